The second kappa shape index (κ2) is 4.88. The maximum absolute atomic E-state index is 11.0. The number of carbonyl (C=O) groups excluding carboxylic acids is 1. The predicted octanol–water partition coefficient (Wildman–Crippen LogP) is 0.736. The second-order valence-electron chi connectivity index (χ2n) is 4.13. The van der Waals surface area contributed by atoms with Gasteiger partial charge in [-0.25, -0.2) is 0 Å². The average molecular weight is 227 g/mol. The zero-order chi connectivity index (χ0) is 10.7. The molecule has 1 amide bonds. The number of carbonyl (C=O) groups is 1. The molecule has 4 nitrogen and oxygen atoms in total. The lowest BCUT2D eigenvalue weighted by Crippen LogP contribution is -2.36. The van der Waals surface area contributed by atoms with Crippen LogP contribution in [-0.2, 0) is 4.79 Å². The number of amidine groups is 1. The molecule has 84 valence electrons. The van der Waals surface area contributed by atoms with Gasteiger partial charge in [0, 0.05) is 24.3 Å². The van der Waals surface area contributed by atoms with Gasteiger partial charge in [0.05, 0.1) is 6.54 Å². The quantitative estimate of drug-likeness (QED) is 0.731. The number of nitrogens with one attached hydrogen (secondary N) is 2. The lowest BCUT2D eigenvalue weighted by atomic mass is 10.2. The third kappa shape index (κ3) is 3.12. The van der Waals surface area contributed by atoms with Crippen LogP contribution in [0.5, 0.6) is 0 Å². The molecule has 2 N–H and O–H groups in total. The third-order valence-electron chi connectivity index (χ3n) is 2.70. The standard InChI is InChI=1S/C10H17N3OS/c1-7-4-5-15-10(12-7)11-6-8-2-3-9(14)13-8/h7-8H,2-6H2,1H3,(H,11,12)(H,13,14). The minimum absolute atomic E-state index is 0.165. The Hall–Kier alpha value is -0.710. The molecular formula is C10H17N3OS. The SMILES string of the molecule is CC1CCSC(=NCC2CCC(=O)N2)N1. The summed E-state index contributed by atoms with van der Waals surface area (Å²) >= 11 is 1.78. The molecule has 0 aromatic carbocycles. The van der Waals surface area contributed by atoms with Gasteiger partial charge in [0.2, 0.25) is 5.91 Å². The van der Waals surface area contributed by atoms with E-state index in [0.29, 0.717) is 19.0 Å². The van der Waals surface area contributed by atoms with Gasteiger partial charge in [0.15, 0.2) is 5.17 Å². The summed E-state index contributed by atoms with van der Waals surface area (Å²) in [5.41, 5.74) is 0. The van der Waals surface area contributed by atoms with Crippen molar-refractivity contribution in [2.45, 2.75) is 38.3 Å². The zero-order valence-electron chi connectivity index (χ0n) is 8.95. The Kier molecular flexibility index (Phi) is 3.51. The minimum Gasteiger partial charge on any atom is -0.362 e. The Labute approximate surface area is 94.3 Å². The molecule has 0 aromatic rings. The molecule has 2 atom stereocenters. The molecule has 2 unspecified atom stereocenters. The summed E-state index contributed by atoms with van der Waals surface area (Å²) in [5.74, 6) is 1.31. The monoisotopic (exact) mass is 227 g/mol. The fourth-order valence-electron chi connectivity index (χ4n) is 1.76. The molecule has 2 aliphatic rings. The number of thioether (sulfide) groups is 1. The Balaban J connectivity index is 1.80. The van der Waals surface area contributed by atoms with Crippen molar-refractivity contribution in [3.63, 3.8) is 0 Å². The lowest BCUT2D eigenvalue weighted by Gasteiger charge is -2.22. The van der Waals surface area contributed by atoms with Crippen molar-refractivity contribution in [3.05, 3.63) is 0 Å². The van der Waals surface area contributed by atoms with Crippen molar-refractivity contribution >= 4 is 22.8 Å². The Morgan fingerprint density at radius 2 is 2.33 bits per heavy atom. The minimum atomic E-state index is 0.165. The first-order chi connectivity index (χ1) is 7.24. The van der Waals surface area contributed by atoms with Crippen molar-refractivity contribution in [1.82, 2.24) is 10.6 Å². The van der Waals surface area contributed by atoms with Crippen LogP contribution in [-0.4, -0.2) is 35.5 Å². The number of aliphatic imine (C=N–C) groups is 1. The lowest BCUT2D eigenvalue weighted by molar-refractivity contribution is -0.119. The van der Waals surface area contributed by atoms with Crippen LogP contribution >= 0.6 is 11.8 Å². The molecule has 0 radical (unpaired) electrons. The van der Waals surface area contributed by atoms with Gasteiger partial charge in [-0.1, -0.05) is 11.8 Å². The van der Waals surface area contributed by atoms with E-state index in [1.165, 1.54) is 6.42 Å². The fourth-order valence-corrected chi connectivity index (χ4v) is 2.87. The van der Waals surface area contributed by atoms with Crippen molar-refractivity contribution in [3.8, 4) is 0 Å². The maximum Gasteiger partial charge on any atom is 0.220 e. The summed E-state index contributed by atoms with van der Waals surface area (Å²) in [6, 6.07) is 0.785. The van der Waals surface area contributed by atoms with E-state index in [1.807, 2.05) is 0 Å². The molecule has 2 fully saturated rings. The van der Waals surface area contributed by atoms with Crippen LogP contribution in [0, 0.1) is 0 Å². The summed E-state index contributed by atoms with van der Waals surface area (Å²) in [6.45, 7) is 2.89. The summed E-state index contributed by atoms with van der Waals surface area (Å²) in [4.78, 5) is 15.5. The first-order valence-corrected chi connectivity index (χ1v) is 6.46. The van der Waals surface area contributed by atoms with Gasteiger partial charge in [-0.3, -0.25) is 9.79 Å². The van der Waals surface area contributed by atoms with Gasteiger partial charge >= 0.3 is 0 Å². The predicted molar refractivity (Wildman–Crippen MR) is 63.1 cm³/mol. The van der Waals surface area contributed by atoms with Crippen LogP contribution in [0.2, 0.25) is 0 Å². The molecule has 0 saturated carbocycles. The van der Waals surface area contributed by atoms with Gasteiger partial charge in [-0.2, -0.15) is 0 Å². The van der Waals surface area contributed by atoms with E-state index in [-0.39, 0.29) is 11.9 Å². The van der Waals surface area contributed by atoms with Gasteiger partial charge < -0.3 is 10.6 Å². The molecule has 5 heteroatoms. The van der Waals surface area contributed by atoms with E-state index < -0.39 is 0 Å². The van der Waals surface area contributed by atoms with Crippen LogP contribution in [0.4, 0.5) is 0 Å². The first kappa shape index (κ1) is 10.8. The van der Waals surface area contributed by atoms with E-state index >= 15 is 0 Å². The van der Waals surface area contributed by atoms with Crippen molar-refractivity contribution in [1.29, 1.82) is 0 Å². The van der Waals surface area contributed by atoms with Crippen LogP contribution in [0.25, 0.3) is 0 Å². The van der Waals surface area contributed by atoms with Gasteiger partial charge in [0.1, 0.15) is 0 Å². The van der Waals surface area contributed by atoms with Gasteiger partial charge in [0.25, 0.3) is 0 Å². The largest absolute Gasteiger partial charge is 0.362 e. The smallest absolute Gasteiger partial charge is 0.220 e. The molecule has 2 saturated heterocycles. The Bertz CT molecular complexity index is 280. The van der Waals surface area contributed by atoms with Crippen molar-refractivity contribution in [2.24, 2.45) is 4.99 Å². The van der Waals surface area contributed by atoms with Crippen LogP contribution < -0.4 is 10.6 Å². The molecule has 2 aliphatic heterocycles. The topological polar surface area (TPSA) is 53.5 Å². The molecule has 2 rings (SSSR count). The molecule has 0 aromatic heterocycles. The van der Waals surface area contributed by atoms with Crippen LogP contribution in [0.3, 0.4) is 0 Å². The Morgan fingerprint density at radius 3 is 3.00 bits per heavy atom. The Morgan fingerprint density at radius 1 is 1.47 bits per heavy atom. The van der Waals surface area contributed by atoms with Crippen LogP contribution in [0.1, 0.15) is 26.2 Å². The number of nitrogens with zero attached hydrogens (tertiary/aromatic N) is 1. The van der Waals surface area contributed by atoms with E-state index in [1.54, 1.807) is 11.8 Å². The average Bonchev–Trinajstić information content (AvgIpc) is 2.62. The molecule has 0 spiro atoms. The zero-order valence-corrected chi connectivity index (χ0v) is 9.77. The van der Waals surface area contributed by atoms with Gasteiger partial charge in [-0.05, 0) is 19.8 Å². The molecule has 2 heterocycles. The molecule has 0 aliphatic carbocycles. The summed E-state index contributed by atoms with van der Waals surface area (Å²) < 4.78 is 0. The highest BCUT2D eigenvalue weighted by Crippen LogP contribution is 2.14. The van der Waals surface area contributed by atoms with Crippen LogP contribution in [0.15, 0.2) is 4.99 Å². The number of hydrogen-bond donors (Lipinski definition) is 2. The fraction of sp³-hybridized carbons (Fsp3) is 0.800. The van der Waals surface area contributed by atoms with E-state index in [4.69, 9.17) is 0 Å². The highest BCUT2D eigenvalue weighted by atomic mass is 32.2. The molecular weight excluding hydrogens is 210 g/mol. The first-order valence-electron chi connectivity index (χ1n) is 5.47. The van der Waals surface area contributed by atoms with E-state index in [0.717, 1.165) is 17.3 Å². The second-order valence-corrected chi connectivity index (χ2v) is 5.22. The third-order valence-corrected chi connectivity index (χ3v) is 3.66. The summed E-state index contributed by atoms with van der Waals surface area (Å²) in [6.07, 6.45) is 2.78. The van der Waals surface area contributed by atoms with Crippen molar-refractivity contribution < 1.29 is 4.79 Å². The maximum atomic E-state index is 11.0. The normalized spacial score (nSPS) is 33.9. The molecule has 0 bridgehead atoms. The summed E-state index contributed by atoms with van der Waals surface area (Å²) in [7, 11) is 0. The van der Waals surface area contributed by atoms with Gasteiger partial charge in [-0.15, -0.1) is 0 Å². The van der Waals surface area contributed by atoms with E-state index in [9.17, 15) is 4.79 Å². The number of amides is 1. The highest BCUT2D eigenvalue weighted by Gasteiger charge is 2.20. The number of hydrogen-bond acceptors (Lipinski definition) is 3. The van der Waals surface area contributed by atoms with Crippen molar-refractivity contribution in [2.75, 3.05) is 12.3 Å². The highest BCUT2D eigenvalue weighted by molar-refractivity contribution is 8.13. The summed E-state index contributed by atoms with van der Waals surface area (Å²) in [5, 5.41) is 7.31. The van der Waals surface area contributed by atoms with E-state index in [2.05, 4.69) is 22.5 Å². The molecule has 15 heavy (non-hydrogen) atoms. The number of rotatable bonds is 2.